The Morgan fingerprint density at radius 3 is 2.18 bits per heavy atom. The van der Waals surface area contributed by atoms with Gasteiger partial charge >= 0.3 is 11.9 Å². The minimum Gasteiger partial charge on any atom is -0.457 e. The van der Waals surface area contributed by atoms with Crippen LogP contribution in [0, 0.1) is 22.7 Å². The zero-order valence-electron chi connectivity index (χ0n) is 27.2. The van der Waals surface area contributed by atoms with Crippen molar-refractivity contribution in [3.63, 3.8) is 0 Å². The molecule has 2 unspecified atom stereocenters. The average molecular weight is 707 g/mol. The number of nitrogens with zero attached hydrogens (tertiary/aromatic N) is 2. The van der Waals surface area contributed by atoms with Crippen molar-refractivity contribution in [2.45, 2.75) is 101 Å². The number of aliphatic hydroxyl groups excluding tert-OH is 2. The van der Waals surface area contributed by atoms with Crippen LogP contribution in [0.4, 0.5) is 8.78 Å². The van der Waals surface area contributed by atoms with Crippen LogP contribution in [0.2, 0.25) is 0 Å². The highest BCUT2D eigenvalue weighted by atomic mass is 19.1. The van der Waals surface area contributed by atoms with Gasteiger partial charge in [-0.2, -0.15) is 0 Å². The fourth-order valence-electron chi connectivity index (χ4n) is 8.56. The molecular weight excluding hydrogens is 662 g/mol. The summed E-state index contributed by atoms with van der Waals surface area (Å²) in [5, 5.41) is 56.8. The number of halogens is 2. The van der Waals surface area contributed by atoms with Gasteiger partial charge in [-0.25, -0.2) is 8.78 Å². The lowest BCUT2D eigenvalue weighted by Gasteiger charge is -2.63. The molecule has 4 rings (SSSR count). The standard InChI is InChI=1S/C31H44F2N2O14/c1-28-10-9-18(36)13-21(28)22(32)14-20-19-15-23(37)31(29(19,2)16-24(38)30(20,28)33,49-27(41)7-4-3-5-11-47-34(42)43)25(39)17-46-26(40)8-6-12-48-35(44)45/h9-10,13,19-20,22-24,37-38,42-45H,3-8,11-12,14-17H2,1-2H3/t19?,20?,22-,23+,24-,28-,29-,30-,31-/m0/s1. The van der Waals surface area contributed by atoms with Crippen molar-refractivity contribution >= 4 is 23.5 Å². The summed E-state index contributed by atoms with van der Waals surface area (Å²) in [5.41, 5.74) is -8.54. The van der Waals surface area contributed by atoms with Crippen LogP contribution in [-0.2, 0) is 38.3 Å². The second-order valence-corrected chi connectivity index (χ2v) is 13.5. The molecule has 0 saturated heterocycles. The molecule has 0 heterocycles. The summed E-state index contributed by atoms with van der Waals surface area (Å²) in [7, 11) is 0. The van der Waals surface area contributed by atoms with Crippen molar-refractivity contribution in [1.29, 1.82) is 0 Å². The van der Waals surface area contributed by atoms with E-state index < -0.39 is 106 Å². The maximum absolute atomic E-state index is 17.6. The zero-order valence-corrected chi connectivity index (χ0v) is 27.2. The van der Waals surface area contributed by atoms with Gasteiger partial charge in [-0.3, -0.25) is 49.7 Å². The molecule has 3 fully saturated rings. The van der Waals surface area contributed by atoms with Crippen molar-refractivity contribution in [3.8, 4) is 0 Å². The predicted octanol–water partition coefficient (Wildman–Crippen LogP) is 2.03. The number of rotatable bonds is 16. The van der Waals surface area contributed by atoms with Gasteiger partial charge in [-0.05, 0) is 69.1 Å². The normalized spacial score (nSPS) is 36.6. The molecule has 9 atom stereocenters. The van der Waals surface area contributed by atoms with E-state index in [4.69, 9.17) is 30.3 Å². The largest absolute Gasteiger partial charge is 0.457 e. The summed E-state index contributed by atoms with van der Waals surface area (Å²) in [5.74, 6) is -5.75. The first-order chi connectivity index (χ1) is 22.9. The minimum absolute atomic E-state index is 0.0427. The zero-order chi connectivity index (χ0) is 36.4. The van der Waals surface area contributed by atoms with Crippen LogP contribution in [0.1, 0.15) is 71.6 Å². The third-order valence-electron chi connectivity index (χ3n) is 10.8. The number of hydrogen-bond acceptors (Lipinski definition) is 16. The number of fused-ring (bicyclic) bond motifs is 5. The van der Waals surface area contributed by atoms with Gasteiger partial charge in [0.1, 0.15) is 12.3 Å². The molecular formula is C31H44F2N2O14. The van der Waals surface area contributed by atoms with Gasteiger partial charge in [-0.15, -0.1) is 0 Å². The number of allylic oxidation sites excluding steroid dienone is 4. The number of carbonyl (C=O) groups is 4. The van der Waals surface area contributed by atoms with Crippen LogP contribution in [0.5, 0.6) is 0 Å². The van der Waals surface area contributed by atoms with Crippen LogP contribution in [0.25, 0.3) is 0 Å². The maximum Gasteiger partial charge on any atom is 0.306 e. The van der Waals surface area contributed by atoms with E-state index in [1.54, 1.807) is 0 Å². The van der Waals surface area contributed by atoms with Crippen molar-refractivity contribution in [1.82, 2.24) is 10.8 Å². The first kappa shape index (κ1) is 39.0. The van der Waals surface area contributed by atoms with E-state index in [-0.39, 0.29) is 50.9 Å². The average Bonchev–Trinajstić information content (AvgIpc) is 3.24. The summed E-state index contributed by atoms with van der Waals surface area (Å²) in [4.78, 5) is 60.8. The number of alkyl halides is 2. The maximum atomic E-state index is 17.6. The number of unbranched alkanes of at least 4 members (excludes halogenated alkanes) is 2. The van der Waals surface area contributed by atoms with Gasteiger partial charge < -0.3 is 19.7 Å². The third-order valence-corrected chi connectivity index (χ3v) is 10.8. The molecule has 16 nitrogen and oxygen atoms in total. The Morgan fingerprint density at radius 2 is 1.53 bits per heavy atom. The van der Waals surface area contributed by atoms with E-state index in [0.717, 1.165) is 12.2 Å². The Bertz CT molecular complexity index is 1330. The number of Topliss-reactive ketones (excluding diaryl/α,β-unsaturated/α-hetero) is 1. The van der Waals surface area contributed by atoms with Gasteiger partial charge in [0.25, 0.3) is 0 Å². The Labute approximate surface area is 280 Å². The molecule has 18 heteroatoms. The van der Waals surface area contributed by atoms with E-state index in [1.165, 1.54) is 19.9 Å². The fraction of sp³-hybridized carbons (Fsp3) is 0.742. The molecule has 0 amide bonds. The number of aliphatic hydroxyl groups is 2. The van der Waals surface area contributed by atoms with Gasteiger partial charge in [0.15, 0.2) is 18.1 Å². The molecule has 0 aliphatic heterocycles. The summed E-state index contributed by atoms with van der Waals surface area (Å²) >= 11 is 0. The molecule has 0 bridgehead atoms. The summed E-state index contributed by atoms with van der Waals surface area (Å²) in [6, 6.07) is 0. The van der Waals surface area contributed by atoms with Gasteiger partial charge in [0, 0.05) is 29.6 Å². The van der Waals surface area contributed by atoms with Gasteiger partial charge in [-0.1, -0.05) is 19.4 Å². The van der Waals surface area contributed by atoms with Crippen LogP contribution < -0.4 is 0 Å². The summed E-state index contributed by atoms with van der Waals surface area (Å²) < 4.78 is 44.4. The van der Waals surface area contributed by atoms with E-state index in [1.807, 2.05) is 0 Å². The summed E-state index contributed by atoms with van der Waals surface area (Å²) in [6.45, 7) is 1.47. The highest BCUT2D eigenvalue weighted by Crippen LogP contribution is 2.70. The molecule has 0 spiro atoms. The Hall–Kier alpha value is -2.78. The van der Waals surface area contributed by atoms with Crippen molar-refractivity contribution in [2.75, 3.05) is 19.8 Å². The molecule has 0 aromatic rings. The molecule has 0 aromatic carbocycles. The Balaban J connectivity index is 1.62. The van der Waals surface area contributed by atoms with E-state index >= 15 is 8.78 Å². The van der Waals surface area contributed by atoms with E-state index in [2.05, 4.69) is 9.68 Å². The Kier molecular flexibility index (Phi) is 12.1. The first-order valence-electron chi connectivity index (χ1n) is 16.1. The lowest BCUT2D eigenvalue weighted by molar-refractivity contribution is -0.492. The molecule has 3 saturated carbocycles. The van der Waals surface area contributed by atoms with Crippen molar-refractivity contribution < 1.29 is 78.1 Å². The second kappa shape index (κ2) is 15.2. The third kappa shape index (κ3) is 7.21. The SMILES string of the molecule is C[C@]12C=CC(=O)C=C1[C@@H](F)CC1C3C[C@@H](O)[C@](OC(=O)CCCCCON(O)O)(C(=O)COC(=O)CCCON(O)O)[C@@]3(C)C[C@H](O)[C@@]12F. The van der Waals surface area contributed by atoms with Crippen LogP contribution in [0.3, 0.4) is 0 Å². The highest BCUT2D eigenvalue weighted by molar-refractivity contribution is 6.01. The molecule has 0 radical (unpaired) electrons. The van der Waals surface area contributed by atoms with Crippen LogP contribution in [0.15, 0.2) is 23.8 Å². The molecule has 6 N–H and O–H groups in total. The molecule has 4 aliphatic rings. The van der Waals surface area contributed by atoms with Crippen LogP contribution >= 0.6 is 0 Å². The van der Waals surface area contributed by atoms with Crippen LogP contribution in [-0.4, -0.2) is 115 Å². The Morgan fingerprint density at radius 1 is 0.898 bits per heavy atom. The van der Waals surface area contributed by atoms with Gasteiger partial charge in [0.2, 0.25) is 11.4 Å². The van der Waals surface area contributed by atoms with E-state index in [9.17, 15) is 29.4 Å². The smallest absolute Gasteiger partial charge is 0.306 e. The lowest BCUT2D eigenvalue weighted by Crippen LogP contribution is -2.71. The molecule has 276 valence electrons. The number of esters is 2. The van der Waals surface area contributed by atoms with E-state index in [0.29, 0.717) is 12.8 Å². The minimum atomic E-state index is -2.54. The molecule has 49 heavy (non-hydrogen) atoms. The topological polar surface area (TPSA) is 233 Å². The number of carbonyl (C=O) groups excluding carboxylic acids is 4. The number of ketones is 2. The quantitative estimate of drug-likeness (QED) is 0.0766. The number of ether oxygens (including phenoxy) is 2. The predicted molar refractivity (Wildman–Crippen MR) is 155 cm³/mol. The highest BCUT2D eigenvalue weighted by Gasteiger charge is 2.78. The second-order valence-electron chi connectivity index (χ2n) is 13.5. The first-order valence-corrected chi connectivity index (χ1v) is 16.1. The number of hydrogen-bond donors (Lipinski definition) is 6. The lowest BCUT2D eigenvalue weighted by atomic mass is 9.44. The summed E-state index contributed by atoms with van der Waals surface area (Å²) in [6.07, 6.45) is -3.20. The van der Waals surface area contributed by atoms with Gasteiger partial charge in [0.05, 0.1) is 30.1 Å². The monoisotopic (exact) mass is 706 g/mol. The van der Waals surface area contributed by atoms with Crippen molar-refractivity contribution in [2.24, 2.45) is 22.7 Å². The van der Waals surface area contributed by atoms with Crippen molar-refractivity contribution in [3.05, 3.63) is 23.8 Å². The fourth-order valence-corrected chi connectivity index (χ4v) is 8.56. The molecule has 4 aliphatic carbocycles. The molecule has 0 aromatic heterocycles.